The molecule has 1 aromatic heterocycles. The van der Waals surface area contributed by atoms with E-state index in [9.17, 15) is 14.7 Å². The number of pyridine rings is 1. The molecule has 1 saturated carbocycles. The molecular weight excluding hydrogens is 372 g/mol. The van der Waals surface area contributed by atoms with Crippen molar-refractivity contribution in [2.75, 3.05) is 13.7 Å². The number of methoxy groups -OCH3 is 1. The highest BCUT2D eigenvalue weighted by atomic mass is 16.5. The van der Waals surface area contributed by atoms with Crippen molar-refractivity contribution in [3.05, 3.63) is 48.2 Å². The van der Waals surface area contributed by atoms with Crippen LogP contribution in [0, 0.1) is 5.41 Å². The monoisotopic (exact) mass is 398 g/mol. The molecule has 2 aromatic rings. The van der Waals surface area contributed by atoms with Crippen molar-refractivity contribution in [2.24, 2.45) is 5.41 Å². The maximum atomic E-state index is 13.0. The molecule has 1 aromatic carbocycles. The Hall–Kier alpha value is -2.93. The van der Waals surface area contributed by atoms with Crippen LogP contribution in [0.1, 0.15) is 37.6 Å². The molecule has 154 valence electrons. The van der Waals surface area contributed by atoms with Gasteiger partial charge in [0.05, 0.1) is 18.9 Å². The summed E-state index contributed by atoms with van der Waals surface area (Å²) in [5, 5.41) is 12.7. The summed E-state index contributed by atoms with van der Waals surface area (Å²) in [5.74, 6) is -0.950. The number of rotatable bonds is 7. The second-order valence-electron chi connectivity index (χ2n) is 7.66. The van der Waals surface area contributed by atoms with Gasteiger partial charge in [-0.05, 0) is 37.3 Å². The van der Waals surface area contributed by atoms with E-state index in [2.05, 4.69) is 10.3 Å². The third kappa shape index (κ3) is 3.46. The highest BCUT2D eigenvalue weighted by Crippen LogP contribution is 2.51. The molecule has 3 rings (SSSR count). The zero-order valence-corrected chi connectivity index (χ0v) is 17.1. The third-order valence-electron chi connectivity index (χ3n) is 5.86. The zero-order chi connectivity index (χ0) is 21.2. The van der Waals surface area contributed by atoms with Crippen molar-refractivity contribution in [2.45, 2.75) is 38.8 Å². The molecule has 0 bridgehead atoms. The van der Waals surface area contributed by atoms with Crippen LogP contribution in [-0.4, -0.2) is 47.3 Å². The lowest BCUT2D eigenvalue weighted by Crippen LogP contribution is -2.76. The summed E-state index contributed by atoms with van der Waals surface area (Å²) in [5.41, 5.74) is -0.490. The highest BCUT2D eigenvalue weighted by molar-refractivity contribution is 6.00. The molecule has 7 heteroatoms. The first-order valence-electron chi connectivity index (χ1n) is 9.53. The maximum absolute atomic E-state index is 13.0. The van der Waals surface area contributed by atoms with Gasteiger partial charge in [0.25, 0.3) is 5.91 Å². The van der Waals surface area contributed by atoms with Crippen LogP contribution in [0.25, 0.3) is 11.3 Å². The number of hydrogen-bond donors (Lipinski definition) is 2. The molecule has 1 aliphatic rings. The average molecular weight is 398 g/mol. The number of hydrogen-bond acceptors (Lipinski definition) is 5. The van der Waals surface area contributed by atoms with Crippen LogP contribution >= 0.6 is 0 Å². The van der Waals surface area contributed by atoms with E-state index in [0.717, 1.165) is 0 Å². The van der Waals surface area contributed by atoms with E-state index in [1.165, 1.54) is 0 Å². The summed E-state index contributed by atoms with van der Waals surface area (Å²) >= 11 is 0. The fraction of sp³-hybridized carbons (Fsp3) is 0.409. The summed E-state index contributed by atoms with van der Waals surface area (Å²) in [6.45, 7) is 5.96. The Bertz CT molecular complexity index is 913. The first kappa shape index (κ1) is 20.8. The topological polar surface area (TPSA) is 97.8 Å². The van der Waals surface area contributed by atoms with Crippen LogP contribution in [0.3, 0.4) is 0 Å². The van der Waals surface area contributed by atoms with Crippen molar-refractivity contribution < 1.29 is 24.2 Å². The molecule has 7 nitrogen and oxygen atoms in total. The molecule has 1 fully saturated rings. The van der Waals surface area contributed by atoms with Gasteiger partial charge in [-0.1, -0.05) is 19.9 Å². The van der Waals surface area contributed by atoms with E-state index < -0.39 is 22.8 Å². The lowest BCUT2D eigenvalue weighted by Gasteiger charge is -2.58. The van der Waals surface area contributed by atoms with Crippen LogP contribution in [0.4, 0.5) is 0 Å². The smallest absolute Gasteiger partial charge is 0.330 e. The number of aliphatic carboxylic acids is 1. The van der Waals surface area contributed by atoms with Crippen LogP contribution in [-0.2, 0) is 9.53 Å². The van der Waals surface area contributed by atoms with E-state index in [4.69, 9.17) is 9.47 Å². The minimum Gasteiger partial charge on any atom is -0.496 e. The lowest BCUT2D eigenvalue weighted by molar-refractivity contribution is -0.190. The van der Waals surface area contributed by atoms with Crippen LogP contribution in [0.2, 0.25) is 0 Å². The van der Waals surface area contributed by atoms with Gasteiger partial charge in [0.15, 0.2) is 0 Å². The van der Waals surface area contributed by atoms with Gasteiger partial charge in [-0.25, -0.2) is 4.79 Å². The van der Waals surface area contributed by atoms with Crippen molar-refractivity contribution in [1.29, 1.82) is 0 Å². The standard InChI is InChI=1S/C22H26N2O5/c1-5-29-18-13-22(20(26)27,21(18,2)3)24-19(25)14-9-10-17(28-4)15(12-14)16-8-6-7-11-23-16/h6-12,18H,5,13H2,1-4H3,(H,24,25)(H,26,27). The molecule has 1 aliphatic carbocycles. The summed E-state index contributed by atoms with van der Waals surface area (Å²) < 4.78 is 11.1. The molecule has 0 radical (unpaired) electrons. The lowest BCUT2D eigenvalue weighted by atomic mass is 9.54. The van der Waals surface area contributed by atoms with Crippen molar-refractivity contribution in [3.63, 3.8) is 0 Å². The Kier molecular flexibility index (Phi) is 5.61. The van der Waals surface area contributed by atoms with Crippen LogP contribution in [0.5, 0.6) is 5.75 Å². The fourth-order valence-electron chi connectivity index (χ4n) is 3.87. The molecule has 0 spiro atoms. The summed E-state index contributed by atoms with van der Waals surface area (Å²) in [6.07, 6.45) is 1.65. The minimum absolute atomic E-state index is 0.220. The van der Waals surface area contributed by atoms with Gasteiger partial charge in [-0.15, -0.1) is 0 Å². The Balaban J connectivity index is 1.92. The van der Waals surface area contributed by atoms with Crippen molar-refractivity contribution >= 4 is 11.9 Å². The van der Waals surface area contributed by atoms with E-state index in [-0.39, 0.29) is 12.5 Å². The Morgan fingerprint density at radius 3 is 2.59 bits per heavy atom. The molecule has 2 atom stereocenters. The number of carbonyl (C=O) groups is 2. The molecule has 29 heavy (non-hydrogen) atoms. The van der Waals surface area contributed by atoms with E-state index >= 15 is 0 Å². The maximum Gasteiger partial charge on any atom is 0.330 e. The van der Waals surface area contributed by atoms with Gasteiger partial charge < -0.3 is 19.9 Å². The predicted octanol–water partition coefficient (Wildman–Crippen LogP) is 3.15. The highest BCUT2D eigenvalue weighted by Gasteiger charge is 2.66. The molecule has 2 unspecified atom stereocenters. The summed E-state index contributed by atoms with van der Waals surface area (Å²) in [6, 6.07) is 10.4. The quantitative estimate of drug-likeness (QED) is 0.744. The SMILES string of the molecule is CCOC1CC(NC(=O)c2ccc(OC)c(-c3ccccn3)c2)(C(=O)O)C1(C)C. The number of nitrogens with one attached hydrogen (secondary N) is 1. The van der Waals surface area contributed by atoms with Gasteiger partial charge in [-0.2, -0.15) is 0 Å². The van der Waals surface area contributed by atoms with Gasteiger partial charge in [0, 0.05) is 35.8 Å². The molecule has 1 heterocycles. The van der Waals surface area contributed by atoms with Gasteiger partial charge in [-0.3, -0.25) is 9.78 Å². The molecule has 2 N–H and O–H groups in total. The van der Waals surface area contributed by atoms with Crippen LogP contribution in [0.15, 0.2) is 42.6 Å². The number of carboxylic acid groups (broad SMARTS) is 1. The number of nitrogens with zero attached hydrogens (tertiary/aromatic N) is 1. The van der Waals surface area contributed by atoms with E-state index in [1.807, 2.05) is 19.1 Å². The number of benzene rings is 1. The third-order valence-corrected chi connectivity index (χ3v) is 5.86. The first-order chi connectivity index (χ1) is 13.8. The summed E-state index contributed by atoms with van der Waals surface area (Å²) in [4.78, 5) is 29.5. The Morgan fingerprint density at radius 2 is 2.03 bits per heavy atom. The Morgan fingerprint density at radius 1 is 1.28 bits per heavy atom. The number of carbonyl (C=O) groups excluding carboxylic acids is 1. The summed E-state index contributed by atoms with van der Waals surface area (Å²) in [7, 11) is 1.55. The predicted molar refractivity (Wildman–Crippen MR) is 108 cm³/mol. The molecular formula is C22H26N2O5. The van der Waals surface area contributed by atoms with Crippen LogP contribution < -0.4 is 10.1 Å². The number of aromatic nitrogens is 1. The van der Waals surface area contributed by atoms with Gasteiger partial charge >= 0.3 is 5.97 Å². The first-order valence-corrected chi connectivity index (χ1v) is 9.53. The van der Waals surface area contributed by atoms with Crippen molar-refractivity contribution in [3.8, 4) is 17.0 Å². The van der Waals surface area contributed by atoms with E-state index in [0.29, 0.717) is 29.2 Å². The number of ether oxygens (including phenoxy) is 2. The second kappa shape index (κ2) is 7.83. The second-order valence-corrected chi connectivity index (χ2v) is 7.66. The van der Waals surface area contributed by atoms with E-state index in [1.54, 1.807) is 51.4 Å². The molecule has 0 aliphatic heterocycles. The van der Waals surface area contributed by atoms with Gasteiger partial charge in [0.1, 0.15) is 11.3 Å². The zero-order valence-electron chi connectivity index (χ0n) is 17.1. The normalized spacial score (nSPS) is 22.4. The average Bonchev–Trinajstić information content (AvgIpc) is 2.72. The number of carboxylic acids is 1. The Labute approximate surface area is 170 Å². The van der Waals surface area contributed by atoms with Crippen molar-refractivity contribution in [1.82, 2.24) is 10.3 Å². The number of amides is 1. The largest absolute Gasteiger partial charge is 0.496 e. The molecule has 0 saturated heterocycles. The fourth-order valence-corrected chi connectivity index (χ4v) is 3.87. The minimum atomic E-state index is -1.39. The molecule has 1 amide bonds. The van der Waals surface area contributed by atoms with Gasteiger partial charge in [0.2, 0.25) is 0 Å².